The summed E-state index contributed by atoms with van der Waals surface area (Å²) in [5, 5.41) is 20.4. The Morgan fingerprint density at radius 3 is 2.78 bits per heavy atom. The van der Waals surface area contributed by atoms with E-state index in [9.17, 15) is 23.4 Å². The number of hydrogen-bond donors (Lipinski definition) is 5. The summed E-state index contributed by atoms with van der Waals surface area (Å²) < 4.78 is 36.2. The van der Waals surface area contributed by atoms with Gasteiger partial charge in [-0.05, 0) is 0 Å². The second kappa shape index (κ2) is 7.29. The molecule has 1 saturated heterocycles. The molecule has 7 N–H and O–H groups in total. The lowest BCUT2D eigenvalue weighted by molar-refractivity contribution is -0.118. The van der Waals surface area contributed by atoms with Crippen LogP contribution in [0.4, 0.5) is 5.82 Å². The van der Waals surface area contributed by atoms with Gasteiger partial charge in [-0.1, -0.05) is 0 Å². The number of nitrogens with two attached hydrogens (primary N) is 2. The molecule has 2 aromatic rings. The molecular weight excluding hydrogens is 386 g/mol. The van der Waals surface area contributed by atoms with Gasteiger partial charge in [-0.25, -0.2) is 19.7 Å². The van der Waals surface area contributed by atoms with Gasteiger partial charge in [-0.15, -0.1) is 0 Å². The first kappa shape index (κ1) is 19.3. The number of nitrogens with zero attached hydrogens (tertiary/aromatic N) is 4. The average molecular weight is 403 g/mol. The van der Waals surface area contributed by atoms with Crippen molar-refractivity contribution in [3.05, 3.63) is 12.7 Å². The summed E-state index contributed by atoms with van der Waals surface area (Å²) in [7, 11) is -4.44. The number of aromatic nitrogens is 4. The minimum atomic E-state index is -4.44. The van der Waals surface area contributed by atoms with Crippen LogP contribution in [0, 0.1) is 0 Å². The van der Waals surface area contributed by atoms with Crippen LogP contribution in [0.1, 0.15) is 6.23 Å². The van der Waals surface area contributed by atoms with Crippen LogP contribution in [0.5, 0.6) is 0 Å². The van der Waals surface area contributed by atoms with Crippen LogP contribution >= 0.6 is 0 Å². The number of rotatable bonds is 6. The summed E-state index contributed by atoms with van der Waals surface area (Å²) in [4.78, 5) is 22.9. The van der Waals surface area contributed by atoms with Gasteiger partial charge in [0.25, 0.3) is 0 Å². The van der Waals surface area contributed by atoms with Crippen molar-refractivity contribution in [3.63, 3.8) is 0 Å². The fourth-order valence-corrected chi connectivity index (χ4v) is 3.25. The number of fused-ring (bicyclic) bond motifs is 1. The zero-order valence-electron chi connectivity index (χ0n) is 13.7. The normalized spacial score (nSPS) is 25.7. The van der Waals surface area contributed by atoms with E-state index in [1.165, 1.54) is 17.2 Å². The second-order valence-corrected chi connectivity index (χ2v) is 6.95. The van der Waals surface area contributed by atoms with Crippen LogP contribution in [-0.2, 0) is 24.0 Å². The van der Waals surface area contributed by atoms with Crippen LogP contribution in [0.3, 0.4) is 0 Å². The van der Waals surface area contributed by atoms with E-state index in [2.05, 4.69) is 19.1 Å². The molecule has 15 heteroatoms. The van der Waals surface area contributed by atoms with Crippen molar-refractivity contribution in [2.75, 3.05) is 18.9 Å². The monoisotopic (exact) mass is 403 g/mol. The van der Waals surface area contributed by atoms with Crippen molar-refractivity contribution in [2.24, 2.45) is 5.73 Å². The van der Waals surface area contributed by atoms with Gasteiger partial charge in [0.1, 0.15) is 30.2 Å². The molecule has 2 unspecified atom stereocenters. The highest BCUT2D eigenvalue weighted by molar-refractivity contribution is 7.85. The number of amides is 1. The highest BCUT2D eigenvalue weighted by Gasteiger charge is 2.45. The number of nitrogen functional groups attached to an aromatic ring is 1. The topological polar surface area (TPSA) is 218 Å². The Hall–Kier alpha value is -2.43. The Morgan fingerprint density at radius 1 is 1.33 bits per heavy atom. The average Bonchev–Trinajstić information content (AvgIpc) is 3.16. The highest BCUT2D eigenvalue weighted by Crippen LogP contribution is 2.32. The van der Waals surface area contributed by atoms with Crippen molar-refractivity contribution >= 4 is 33.2 Å². The van der Waals surface area contributed by atoms with Crippen LogP contribution in [-0.4, -0.2) is 75.5 Å². The molecule has 1 fully saturated rings. The summed E-state index contributed by atoms with van der Waals surface area (Å²) in [6, 6.07) is 0. The fraction of sp³-hybridized carbons (Fsp3) is 0.500. The van der Waals surface area contributed by atoms with Crippen molar-refractivity contribution in [3.8, 4) is 0 Å². The molecule has 1 aliphatic heterocycles. The smallest absolute Gasteiger partial charge is 0.362 e. The first-order valence-corrected chi connectivity index (χ1v) is 8.99. The highest BCUT2D eigenvalue weighted by atomic mass is 32.2. The molecule has 3 rings (SSSR count). The molecule has 0 saturated carbocycles. The van der Waals surface area contributed by atoms with Crippen molar-refractivity contribution in [1.82, 2.24) is 24.2 Å². The molecule has 0 spiro atoms. The van der Waals surface area contributed by atoms with Gasteiger partial charge >= 0.3 is 10.3 Å². The lowest BCUT2D eigenvalue weighted by Gasteiger charge is -2.16. The first-order valence-electron chi connectivity index (χ1n) is 7.58. The van der Waals surface area contributed by atoms with Crippen molar-refractivity contribution in [1.29, 1.82) is 0 Å². The van der Waals surface area contributed by atoms with Crippen LogP contribution in [0.15, 0.2) is 12.7 Å². The zero-order valence-corrected chi connectivity index (χ0v) is 14.5. The maximum atomic E-state index is 11.6. The van der Waals surface area contributed by atoms with E-state index in [0.29, 0.717) is 0 Å². The van der Waals surface area contributed by atoms with Gasteiger partial charge in [-0.3, -0.25) is 13.5 Å². The number of carbonyl (C=O) groups excluding carboxylic acids is 1. The summed E-state index contributed by atoms with van der Waals surface area (Å²) in [6.45, 7) is -1.21. The van der Waals surface area contributed by atoms with Gasteiger partial charge in [0.2, 0.25) is 5.91 Å². The fourth-order valence-electron chi connectivity index (χ4n) is 2.52. The number of ether oxygens (including phenoxy) is 1. The standard InChI is InChI=1S/C12H17N7O7S/c13-1-6(20)18-27(23,24)25-2-5-8(21)9(22)12(26-5)19-4-17-7-10(14)15-3-16-11(7)19/h3-5,8-9,12,21-22H,1-2,13H2,(H,18,20)(H2,14,15,16)/t5-,8?,9?,12-/m1/s1. The molecule has 3 heterocycles. The number of nitrogens with one attached hydrogen (secondary N) is 1. The number of anilines is 1. The van der Waals surface area contributed by atoms with Crippen molar-refractivity contribution < 1.29 is 32.3 Å². The molecule has 2 aromatic heterocycles. The third-order valence-electron chi connectivity index (χ3n) is 3.81. The molecule has 0 radical (unpaired) electrons. The number of hydrogen-bond acceptors (Lipinski definition) is 12. The third-order valence-corrected chi connectivity index (χ3v) is 4.73. The first-order chi connectivity index (χ1) is 12.7. The van der Waals surface area contributed by atoms with Crippen LogP contribution < -0.4 is 16.2 Å². The molecular formula is C12H17N7O7S. The second-order valence-electron chi connectivity index (χ2n) is 5.60. The number of aliphatic hydroxyl groups excluding tert-OH is 2. The molecule has 0 aliphatic carbocycles. The molecule has 4 atom stereocenters. The van der Waals surface area contributed by atoms with Gasteiger partial charge in [-0.2, -0.15) is 8.42 Å². The number of aliphatic hydroxyl groups is 2. The van der Waals surface area contributed by atoms with Gasteiger partial charge in [0, 0.05) is 0 Å². The maximum Gasteiger partial charge on any atom is 0.362 e. The van der Waals surface area contributed by atoms with Crippen LogP contribution in [0.25, 0.3) is 11.2 Å². The van der Waals surface area contributed by atoms with E-state index in [1.54, 1.807) is 4.72 Å². The van der Waals surface area contributed by atoms with E-state index < -0.39 is 53.9 Å². The quantitative estimate of drug-likeness (QED) is 0.315. The molecule has 148 valence electrons. The zero-order chi connectivity index (χ0) is 19.8. The summed E-state index contributed by atoms with van der Waals surface area (Å²) in [5.74, 6) is -0.851. The minimum Gasteiger partial charge on any atom is -0.387 e. The Bertz CT molecular complexity index is 949. The largest absolute Gasteiger partial charge is 0.387 e. The third kappa shape index (κ3) is 3.82. The molecule has 14 nitrogen and oxygen atoms in total. The van der Waals surface area contributed by atoms with E-state index >= 15 is 0 Å². The van der Waals surface area contributed by atoms with E-state index in [4.69, 9.17) is 16.2 Å². The number of carbonyl (C=O) groups is 1. The predicted molar refractivity (Wildman–Crippen MR) is 87.7 cm³/mol. The summed E-state index contributed by atoms with van der Waals surface area (Å²) >= 11 is 0. The SMILES string of the molecule is NCC(=O)NS(=O)(=O)OC[C@H]1O[C@@H](n2cnc3c(N)ncnc32)C(O)C1O. The van der Waals surface area contributed by atoms with E-state index in [-0.39, 0.29) is 17.0 Å². The Morgan fingerprint density at radius 2 is 2.07 bits per heavy atom. The number of imidazole rings is 1. The molecule has 27 heavy (non-hydrogen) atoms. The Balaban J connectivity index is 1.74. The maximum absolute atomic E-state index is 11.6. The Kier molecular flexibility index (Phi) is 5.22. The van der Waals surface area contributed by atoms with E-state index in [1.807, 2.05) is 0 Å². The van der Waals surface area contributed by atoms with E-state index in [0.717, 1.165) is 0 Å². The lowest BCUT2D eigenvalue weighted by Crippen LogP contribution is -2.39. The summed E-state index contributed by atoms with van der Waals surface area (Å²) in [6.07, 6.45) is -2.78. The molecule has 0 bridgehead atoms. The van der Waals surface area contributed by atoms with Gasteiger partial charge in [0.05, 0.1) is 19.5 Å². The molecule has 0 aromatic carbocycles. The summed E-state index contributed by atoms with van der Waals surface area (Å²) in [5.41, 5.74) is 11.2. The minimum absolute atomic E-state index is 0.119. The predicted octanol–water partition coefficient (Wildman–Crippen LogP) is -3.64. The molecule has 1 aliphatic rings. The lowest BCUT2D eigenvalue weighted by atomic mass is 10.1. The Labute approximate surface area is 152 Å². The van der Waals surface area contributed by atoms with Gasteiger partial charge < -0.3 is 26.4 Å². The molecule has 1 amide bonds. The van der Waals surface area contributed by atoms with Crippen molar-refractivity contribution in [2.45, 2.75) is 24.5 Å². The van der Waals surface area contributed by atoms with Gasteiger partial charge in [0.15, 0.2) is 17.7 Å². The van der Waals surface area contributed by atoms with Crippen LogP contribution in [0.2, 0.25) is 0 Å².